The molecule has 4 aromatic rings. The average molecular weight is 541 g/mol. The lowest BCUT2D eigenvalue weighted by atomic mass is 10.1. The Labute approximate surface area is 234 Å². The van der Waals surface area contributed by atoms with Crippen LogP contribution < -0.4 is 5.73 Å². The second-order valence-electron chi connectivity index (χ2n) is 11.1. The Kier molecular flexibility index (Phi) is 7.75. The van der Waals surface area contributed by atoms with Crippen LogP contribution in [0.5, 0.6) is 5.75 Å². The first-order valence-electron chi connectivity index (χ1n) is 13.5. The Morgan fingerprint density at radius 3 is 2.40 bits per heavy atom. The van der Waals surface area contributed by atoms with E-state index in [4.69, 9.17) is 10.5 Å². The van der Waals surface area contributed by atoms with Gasteiger partial charge in [0.05, 0.1) is 5.69 Å². The predicted octanol–water partition coefficient (Wildman–Crippen LogP) is 4.99. The summed E-state index contributed by atoms with van der Waals surface area (Å²) in [5, 5.41) is 10.2. The van der Waals surface area contributed by atoms with E-state index in [1.54, 1.807) is 17.0 Å². The van der Waals surface area contributed by atoms with Crippen LogP contribution in [0.15, 0.2) is 67.0 Å². The van der Waals surface area contributed by atoms with Gasteiger partial charge < -0.3 is 20.5 Å². The van der Waals surface area contributed by atoms with E-state index in [0.29, 0.717) is 35.9 Å². The summed E-state index contributed by atoms with van der Waals surface area (Å²) in [5.74, 6) is 1.06. The van der Waals surface area contributed by atoms with Crippen molar-refractivity contribution in [1.82, 2.24) is 24.2 Å². The summed E-state index contributed by atoms with van der Waals surface area (Å²) in [4.78, 5) is 25.4. The number of benzene rings is 2. The number of piperazine rings is 1. The molecule has 1 saturated heterocycles. The molecular formula is C31H36N6O3. The molecule has 1 amide bonds. The van der Waals surface area contributed by atoms with Crippen molar-refractivity contribution in [2.75, 3.05) is 31.9 Å². The fourth-order valence-electron chi connectivity index (χ4n) is 4.67. The molecule has 0 aliphatic carbocycles. The molecule has 0 bridgehead atoms. The van der Waals surface area contributed by atoms with E-state index in [1.807, 2.05) is 55.8 Å². The molecule has 9 heteroatoms. The number of carbonyl (C=O) groups excluding carboxylic acids is 1. The van der Waals surface area contributed by atoms with Crippen molar-refractivity contribution in [2.45, 2.75) is 39.3 Å². The van der Waals surface area contributed by atoms with Gasteiger partial charge in [0.1, 0.15) is 17.2 Å². The maximum absolute atomic E-state index is 12.3. The zero-order chi connectivity index (χ0) is 28.3. The number of nitrogen functional groups attached to an aromatic ring is 1. The van der Waals surface area contributed by atoms with Crippen molar-refractivity contribution in [3.63, 3.8) is 0 Å². The highest BCUT2D eigenvalue weighted by molar-refractivity contribution is 5.70. The summed E-state index contributed by atoms with van der Waals surface area (Å²) >= 11 is 0. The molecule has 208 valence electrons. The Hall–Kier alpha value is -4.37. The van der Waals surface area contributed by atoms with E-state index < -0.39 is 5.60 Å². The zero-order valence-electron chi connectivity index (χ0n) is 23.2. The maximum Gasteiger partial charge on any atom is 0.410 e. The number of nitrogens with zero attached hydrogens (tertiary/aromatic N) is 5. The van der Waals surface area contributed by atoms with Crippen molar-refractivity contribution < 1.29 is 14.6 Å². The van der Waals surface area contributed by atoms with Gasteiger partial charge in [-0.1, -0.05) is 48.6 Å². The lowest BCUT2D eigenvalue weighted by Crippen LogP contribution is -2.49. The number of phenolic OH excluding ortho intramolecular Hbond substituents is 1. The van der Waals surface area contributed by atoms with E-state index in [9.17, 15) is 9.90 Å². The minimum atomic E-state index is -0.472. The SMILES string of the molecule is CC(C)(C)OC(=O)N1CCN(Cc2ccc(C/C=C/c3cn4cc(-c5ccccc5O)nc4nc3N)cc2)CC1. The van der Waals surface area contributed by atoms with E-state index in [0.717, 1.165) is 31.6 Å². The number of fused-ring (bicyclic) bond motifs is 1. The van der Waals surface area contributed by atoms with Gasteiger partial charge in [-0.25, -0.2) is 9.78 Å². The summed E-state index contributed by atoms with van der Waals surface area (Å²) in [7, 11) is 0. The number of hydrogen-bond acceptors (Lipinski definition) is 7. The van der Waals surface area contributed by atoms with Crippen LogP contribution >= 0.6 is 0 Å². The second-order valence-corrected chi connectivity index (χ2v) is 11.1. The quantitative estimate of drug-likeness (QED) is 0.355. The number of aromatic hydroxyl groups is 1. The number of anilines is 1. The first kappa shape index (κ1) is 27.2. The smallest absolute Gasteiger partial charge is 0.410 e. The summed E-state index contributed by atoms with van der Waals surface area (Å²) < 4.78 is 7.31. The second kappa shape index (κ2) is 11.4. The highest BCUT2D eigenvalue weighted by Crippen LogP contribution is 2.28. The maximum atomic E-state index is 12.3. The van der Waals surface area contributed by atoms with Gasteiger partial charge in [0.2, 0.25) is 5.78 Å². The van der Waals surface area contributed by atoms with Crippen LogP contribution in [-0.4, -0.2) is 67.1 Å². The minimum Gasteiger partial charge on any atom is -0.507 e. The summed E-state index contributed by atoms with van der Waals surface area (Å²) in [6.45, 7) is 9.54. The molecule has 40 heavy (non-hydrogen) atoms. The first-order valence-corrected chi connectivity index (χ1v) is 13.5. The minimum absolute atomic E-state index is 0.172. The number of carbonyl (C=O) groups is 1. The number of nitrogens with two attached hydrogens (primary N) is 1. The highest BCUT2D eigenvalue weighted by atomic mass is 16.6. The molecule has 0 spiro atoms. The third-order valence-corrected chi connectivity index (χ3v) is 6.79. The van der Waals surface area contributed by atoms with Crippen molar-refractivity contribution in [1.29, 1.82) is 0 Å². The van der Waals surface area contributed by atoms with Crippen LogP contribution in [0.25, 0.3) is 23.1 Å². The van der Waals surface area contributed by atoms with E-state index in [1.165, 1.54) is 11.1 Å². The lowest BCUT2D eigenvalue weighted by molar-refractivity contribution is 0.0139. The van der Waals surface area contributed by atoms with Crippen LogP contribution in [-0.2, 0) is 17.7 Å². The monoisotopic (exact) mass is 540 g/mol. The summed E-state index contributed by atoms with van der Waals surface area (Å²) in [5.41, 5.74) is 10.3. The van der Waals surface area contributed by atoms with Crippen LogP contribution in [0, 0.1) is 0 Å². The number of ether oxygens (including phenoxy) is 1. The van der Waals surface area contributed by atoms with Gasteiger partial charge in [-0.15, -0.1) is 0 Å². The molecule has 3 N–H and O–H groups in total. The molecule has 2 aromatic carbocycles. The number of para-hydroxylation sites is 1. The number of allylic oxidation sites excluding steroid dienone is 1. The predicted molar refractivity (Wildman–Crippen MR) is 157 cm³/mol. The average Bonchev–Trinajstić information content (AvgIpc) is 3.32. The summed E-state index contributed by atoms with van der Waals surface area (Å²) in [6.07, 6.45) is 8.31. The van der Waals surface area contributed by atoms with Gasteiger partial charge in [0.15, 0.2) is 0 Å². The topological polar surface area (TPSA) is 109 Å². The van der Waals surface area contributed by atoms with E-state index in [2.05, 4.69) is 45.2 Å². The molecule has 9 nitrogen and oxygen atoms in total. The van der Waals surface area contributed by atoms with Crippen molar-refractivity contribution in [2.24, 2.45) is 0 Å². The fraction of sp³-hybridized carbons (Fsp3) is 0.323. The van der Waals surface area contributed by atoms with Gasteiger partial charge in [0, 0.05) is 56.2 Å². The molecule has 2 aromatic heterocycles. The Morgan fingerprint density at radius 1 is 1.00 bits per heavy atom. The molecule has 1 fully saturated rings. The van der Waals surface area contributed by atoms with Crippen molar-refractivity contribution in [3.05, 3.63) is 83.7 Å². The molecule has 1 aliphatic heterocycles. The lowest BCUT2D eigenvalue weighted by Gasteiger charge is -2.35. The standard InChI is InChI=1S/C31H36N6O3/c1-31(2,3)40-30(39)36-17-15-35(16-18-36)19-23-13-11-22(12-14-23)7-6-8-24-20-37-21-26(33-29(37)34-28(24)32)25-9-4-5-10-27(25)38/h4-6,8-14,20-21,38H,7,15-19H2,1-3H3,(H2,32,33,34)/b8-6+. The number of phenols is 1. The fourth-order valence-corrected chi connectivity index (χ4v) is 4.67. The van der Waals surface area contributed by atoms with Crippen molar-refractivity contribution >= 4 is 23.8 Å². The molecule has 0 unspecified atom stereocenters. The van der Waals surface area contributed by atoms with Gasteiger partial charge in [-0.2, -0.15) is 4.98 Å². The third kappa shape index (κ3) is 6.60. The zero-order valence-corrected chi connectivity index (χ0v) is 23.2. The highest BCUT2D eigenvalue weighted by Gasteiger charge is 2.25. The number of imidazole rings is 1. The largest absolute Gasteiger partial charge is 0.507 e. The molecule has 0 atom stereocenters. The van der Waals surface area contributed by atoms with E-state index in [-0.39, 0.29) is 11.8 Å². The third-order valence-electron chi connectivity index (χ3n) is 6.79. The Morgan fingerprint density at radius 2 is 1.70 bits per heavy atom. The Bertz CT molecular complexity index is 1510. The molecule has 0 radical (unpaired) electrons. The van der Waals surface area contributed by atoms with Crippen LogP contribution in [0.2, 0.25) is 0 Å². The van der Waals surface area contributed by atoms with Gasteiger partial charge in [0.25, 0.3) is 0 Å². The number of aromatic nitrogens is 3. The molecule has 5 rings (SSSR count). The summed E-state index contributed by atoms with van der Waals surface area (Å²) in [6, 6.07) is 15.7. The van der Waals surface area contributed by atoms with Gasteiger partial charge in [-0.3, -0.25) is 9.30 Å². The molecular weight excluding hydrogens is 504 g/mol. The molecule has 3 heterocycles. The van der Waals surface area contributed by atoms with Crippen LogP contribution in [0.3, 0.4) is 0 Å². The molecule has 1 aliphatic rings. The Balaban J connectivity index is 1.15. The van der Waals surface area contributed by atoms with Crippen LogP contribution in [0.4, 0.5) is 10.6 Å². The number of hydrogen-bond donors (Lipinski definition) is 2. The normalized spacial score (nSPS) is 14.7. The van der Waals surface area contributed by atoms with Gasteiger partial charge >= 0.3 is 6.09 Å². The number of amides is 1. The number of rotatable bonds is 6. The van der Waals surface area contributed by atoms with Crippen LogP contribution in [0.1, 0.15) is 37.5 Å². The van der Waals surface area contributed by atoms with Crippen molar-refractivity contribution in [3.8, 4) is 17.0 Å². The van der Waals surface area contributed by atoms with E-state index >= 15 is 0 Å². The van der Waals surface area contributed by atoms with Gasteiger partial charge in [-0.05, 0) is 50.5 Å². The molecule has 0 saturated carbocycles. The first-order chi connectivity index (χ1) is 19.1.